The topological polar surface area (TPSA) is 75.4 Å². The molecule has 0 saturated heterocycles. The molecule has 3 N–H and O–H groups in total. The van der Waals surface area contributed by atoms with Crippen LogP contribution in [0.15, 0.2) is 47.4 Å². The smallest absolute Gasteiger partial charge is 0.238 e. The van der Waals surface area contributed by atoms with Gasteiger partial charge in [0.1, 0.15) is 0 Å². The molecule has 0 fully saturated rings. The van der Waals surface area contributed by atoms with Gasteiger partial charge in [0.25, 0.3) is 0 Å². The molecule has 0 bridgehead atoms. The lowest BCUT2D eigenvalue weighted by Crippen LogP contribution is -2.33. The van der Waals surface area contributed by atoms with Gasteiger partial charge in [0.2, 0.25) is 10.0 Å². The van der Waals surface area contributed by atoms with Gasteiger partial charge in [0, 0.05) is 12.7 Å². The van der Waals surface area contributed by atoms with Crippen molar-refractivity contribution in [1.29, 1.82) is 0 Å². The Labute approximate surface area is 154 Å². The summed E-state index contributed by atoms with van der Waals surface area (Å²) in [4.78, 5) is 2.03. The van der Waals surface area contributed by atoms with E-state index in [4.69, 9.17) is 17.4 Å². The van der Waals surface area contributed by atoms with Crippen LogP contribution in [0.25, 0.3) is 0 Å². The lowest BCUT2D eigenvalue weighted by atomic mass is 10.1. The number of thiocarbonyl (C=S) groups is 1. The molecular formula is C18H23N3O2S2. The first-order valence-electron chi connectivity index (χ1n) is 7.84. The molecule has 134 valence electrons. The Morgan fingerprint density at radius 3 is 2.32 bits per heavy atom. The molecule has 1 atom stereocenters. The van der Waals surface area contributed by atoms with Gasteiger partial charge in [-0.3, -0.25) is 0 Å². The Bertz CT molecular complexity index is 878. The first-order valence-corrected chi connectivity index (χ1v) is 9.79. The molecule has 5 nitrogen and oxygen atoms in total. The first-order chi connectivity index (χ1) is 11.6. The Morgan fingerprint density at radius 2 is 1.76 bits per heavy atom. The number of anilines is 1. The Kier molecular flexibility index (Phi) is 5.82. The molecule has 2 aromatic rings. The highest BCUT2D eigenvalue weighted by Crippen LogP contribution is 2.23. The minimum atomic E-state index is -3.68. The van der Waals surface area contributed by atoms with Gasteiger partial charge in [0.15, 0.2) is 5.11 Å². The highest BCUT2D eigenvalue weighted by Gasteiger charge is 2.16. The van der Waals surface area contributed by atoms with Crippen LogP contribution >= 0.6 is 12.2 Å². The lowest BCUT2D eigenvalue weighted by molar-refractivity contribution is 0.408. The second-order valence-electron chi connectivity index (χ2n) is 6.08. The Balaban J connectivity index is 2.14. The molecule has 0 amide bonds. The van der Waals surface area contributed by atoms with Crippen molar-refractivity contribution in [3.8, 4) is 0 Å². The fourth-order valence-electron chi connectivity index (χ4n) is 2.43. The summed E-state index contributed by atoms with van der Waals surface area (Å²) in [7, 11) is -1.78. The SMILES string of the molecule is Cc1cccc(NC(=S)N(C)[C@H](C)c2ccc(S(N)(=O)=O)cc2)c1C. The summed E-state index contributed by atoms with van der Waals surface area (Å²) in [5.41, 5.74) is 4.28. The van der Waals surface area contributed by atoms with E-state index in [1.165, 1.54) is 17.7 Å². The van der Waals surface area contributed by atoms with E-state index >= 15 is 0 Å². The van der Waals surface area contributed by atoms with Crippen LogP contribution in [0.2, 0.25) is 0 Å². The van der Waals surface area contributed by atoms with Crippen LogP contribution in [-0.4, -0.2) is 25.5 Å². The quantitative estimate of drug-likeness (QED) is 0.799. The van der Waals surface area contributed by atoms with Crippen LogP contribution in [0.3, 0.4) is 0 Å². The molecular weight excluding hydrogens is 354 g/mol. The molecule has 0 aliphatic rings. The minimum Gasteiger partial charge on any atom is -0.345 e. The van der Waals surface area contributed by atoms with Crippen molar-refractivity contribution < 1.29 is 8.42 Å². The highest BCUT2D eigenvalue weighted by molar-refractivity contribution is 7.89. The van der Waals surface area contributed by atoms with E-state index in [-0.39, 0.29) is 10.9 Å². The number of primary sulfonamides is 1. The number of benzene rings is 2. The van der Waals surface area contributed by atoms with Gasteiger partial charge in [-0.2, -0.15) is 0 Å². The summed E-state index contributed by atoms with van der Waals surface area (Å²) < 4.78 is 22.7. The molecule has 0 heterocycles. The number of hydrogen-bond donors (Lipinski definition) is 2. The number of hydrogen-bond acceptors (Lipinski definition) is 3. The maximum Gasteiger partial charge on any atom is 0.238 e. The first kappa shape index (κ1) is 19.4. The fourth-order valence-corrected chi connectivity index (χ4v) is 3.21. The largest absolute Gasteiger partial charge is 0.345 e. The summed E-state index contributed by atoms with van der Waals surface area (Å²) in [5.74, 6) is 0. The van der Waals surface area contributed by atoms with Crippen molar-refractivity contribution in [2.24, 2.45) is 5.14 Å². The third kappa shape index (κ3) is 4.56. The molecule has 0 aliphatic carbocycles. The van der Waals surface area contributed by atoms with Crippen molar-refractivity contribution in [3.63, 3.8) is 0 Å². The van der Waals surface area contributed by atoms with E-state index in [1.807, 2.05) is 31.0 Å². The average Bonchev–Trinajstić information content (AvgIpc) is 2.57. The molecule has 0 aromatic heterocycles. The molecule has 0 spiro atoms. The van der Waals surface area contributed by atoms with Gasteiger partial charge < -0.3 is 10.2 Å². The van der Waals surface area contributed by atoms with Crippen LogP contribution < -0.4 is 10.5 Å². The van der Waals surface area contributed by atoms with Gasteiger partial charge in [0.05, 0.1) is 10.9 Å². The van der Waals surface area contributed by atoms with Gasteiger partial charge in [-0.15, -0.1) is 0 Å². The van der Waals surface area contributed by atoms with Crippen molar-refractivity contribution in [2.45, 2.75) is 31.7 Å². The predicted molar refractivity (Wildman–Crippen MR) is 106 cm³/mol. The number of rotatable bonds is 4. The second-order valence-corrected chi connectivity index (χ2v) is 8.03. The lowest BCUT2D eigenvalue weighted by Gasteiger charge is -2.28. The zero-order valence-corrected chi connectivity index (χ0v) is 16.4. The van der Waals surface area contributed by atoms with E-state index in [9.17, 15) is 8.42 Å². The molecule has 0 saturated carbocycles. The van der Waals surface area contributed by atoms with Gasteiger partial charge in [-0.05, 0) is 67.9 Å². The standard InChI is InChI=1S/C18H23N3O2S2/c1-12-6-5-7-17(13(12)2)20-18(24)21(4)14(3)15-8-10-16(11-9-15)25(19,22)23/h5-11,14H,1-4H3,(H,20,24)(H2,19,22,23)/t14-/m1/s1. The normalized spacial score (nSPS) is 12.5. The number of nitrogens with two attached hydrogens (primary N) is 1. The van der Waals surface area contributed by atoms with E-state index in [1.54, 1.807) is 12.1 Å². The summed E-state index contributed by atoms with van der Waals surface area (Å²) in [6.45, 7) is 6.11. The van der Waals surface area contributed by atoms with E-state index in [0.717, 1.165) is 16.8 Å². The van der Waals surface area contributed by atoms with Crippen LogP contribution in [0, 0.1) is 13.8 Å². The average molecular weight is 378 g/mol. The van der Waals surface area contributed by atoms with E-state index in [0.29, 0.717) is 5.11 Å². The van der Waals surface area contributed by atoms with Gasteiger partial charge in [-0.1, -0.05) is 24.3 Å². The van der Waals surface area contributed by atoms with Gasteiger partial charge in [-0.25, -0.2) is 13.6 Å². The maximum absolute atomic E-state index is 11.4. The van der Waals surface area contributed by atoms with Gasteiger partial charge >= 0.3 is 0 Å². The fraction of sp³-hybridized carbons (Fsp3) is 0.278. The Morgan fingerprint density at radius 1 is 1.16 bits per heavy atom. The van der Waals surface area contributed by atoms with Crippen molar-refractivity contribution >= 4 is 33.0 Å². The summed E-state index contributed by atoms with van der Waals surface area (Å²) in [6, 6.07) is 12.5. The summed E-state index contributed by atoms with van der Waals surface area (Å²) >= 11 is 5.52. The second kappa shape index (κ2) is 7.51. The monoisotopic (exact) mass is 377 g/mol. The maximum atomic E-state index is 11.4. The summed E-state index contributed by atoms with van der Waals surface area (Å²) in [6.07, 6.45) is 0. The molecule has 25 heavy (non-hydrogen) atoms. The molecule has 0 unspecified atom stereocenters. The highest BCUT2D eigenvalue weighted by atomic mass is 32.2. The van der Waals surface area contributed by atoms with Crippen LogP contribution in [0.4, 0.5) is 5.69 Å². The van der Waals surface area contributed by atoms with E-state index < -0.39 is 10.0 Å². The third-order valence-corrected chi connectivity index (χ3v) is 5.76. The van der Waals surface area contributed by atoms with Crippen molar-refractivity contribution in [2.75, 3.05) is 12.4 Å². The van der Waals surface area contributed by atoms with E-state index in [2.05, 4.69) is 25.2 Å². The minimum absolute atomic E-state index is 0.0281. The number of aryl methyl sites for hydroxylation is 1. The molecule has 7 heteroatoms. The zero-order chi connectivity index (χ0) is 18.8. The molecule has 2 rings (SSSR count). The number of nitrogens with zero attached hydrogens (tertiary/aromatic N) is 1. The Hall–Kier alpha value is -1.96. The van der Waals surface area contributed by atoms with Crippen LogP contribution in [-0.2, 0) is 10.0 Å². The molecule has 2 aromatic carbocycles. The zero-order valence-electron chi connectivity index (χ0n) is 14.8. The van der Waals surface area contributed by atoms with Crippen LogP contribution in [0.5, 0.6) is 0 Å². The summed E-state index contributed by atoms with van der Waals surface area (Å²) in [5, 5.41) is 9.01. The van der Waals surface area contributed by atoms with Crippen molar-refractivity contribution in [1.82, 2.24) is 4.90 Å². The molecule has 0 aliphatic heterocycles. The number of nitrogens with one attached hydrogen (secondary N) is 1. The third-order valence-electron chi connectivity index (χ3n) is 4.44. The number of sulfonamides is 1. The molecule has 0 radical (unpaired) electrons. The van der Waals surface area contributed by atoms with Crippen molar-refractivity contribution in [3.05, 3.63) is 59.2 Å². The van der Waals surface area contributed by atoms with Crippen LogP contribution in [0.1, 0.15) is 29.7 Å². The predicted octanol–water partition coefficient (Wildman–Crippen LogP) is 3.34.